The van der Waals surface area contributed by atoms with Crippen molar-refractivity contribution in [3.63, 3.8) is 0 Å². The molecule has 3 nitrogen and oxygen atoms in total. The molecule has 0 radical (unpaired) electrons. The van der Waals surface area contributed by atoms with Crippen molar-refractivity contribution in [3.05, 3.63) is 35.4 Å². The Morgan fingerprint density at radius 2 is 1.94 bits per heavy atom. The van der Waals surface area contributed by atoms with Gasteiger partial charge in [0, 0.05) is 18.7 Å². The van der Waals surface area contributed by atoms with Crippen molar-refractivity contribution in [1.82, 2.24) is 4.90 Å². The Morgan fingerprint density at radius 1 is 1.29 bits per heavy atom. The zero-order chi connectivity index (χ0) is 12.7. The van der Waals surface area contributed by atoms with Gasteiger partial charge in [-0.2, -0.15) is 0 Å². The number of nitrogens with zero attached hydrogens (tertiary/aromatic N) is 1. The third kappa shape index (κ3) is 4.67. The molecule has 0 spiro atoms. The van der Waals surface area contributed by atoms with Crippen LogP contribution in [0, 0.1) is 6.92 Å². The predicted molar refractivity (Wildman–Crippen MR) is 69.3 cm³/mol. The lowest BCUT2D eigenvalue weighted by atomic mass is 10.1. The highest BCUT2D eigenvalue weighted by molar-refractivity contribution is 5.97. The van der Waals surface area contributed by atoms with Crippen LogP contribution in [0.25, 0.3) is 0 Å². The van der Waals surface area contributed by atoms with Crippen LogP contribution in [0.15, 0.2) is 24.3 Å². The molecule has 0 aliphatic carbocycles. The maximum atomic E-state index is 12.0. The Labute approximate surface area is 103 Å². The van der Waals surface area contributed by atoms with Gasteiger partial charge < -0.3 is 5.11 Å². The third-order valence-electron chi connectivity index (χ3n) is 2.82. The van der Waals surface area contributed by atoms with Crippen LogP contribution in [0.3, 0.4) is 0 Å². The Balaban J connectivity index is 2.54. The average Bonchev–Trinajstić information content (AvgIpc) is 2.35. The van der Waals surface area contributed by atoms with Crippen molar-refractivity contribution in [1.29, 1.82) is 0 Å². The molecule has 3 heteroatoms. The van der Waals surface area contributed by atoms with Crippen LogP contribution in [0.5, 0.6) is 0 Å². The first kappa shape index (κ1) is 13.9. The predicted octanol–water partition coefficient (Wildman–Crippen LogP) is 1.88. The molecule has 0 saturated carbocycles. The lowest BCUT2D eigenvalue weighted by Crippen LogP contribution is -2.31. The molecule has 1 aromatic carbocycles. The summed E-state index contributed by atoms with van der Waals surface area (Å²) in [6.45, 7) is 6.24. The molecule has 1 N–H and O–H groups in total. The van der Waals surface area contributed by atoms with Gasteiger partial charge in [-0.05, 0) is 19.9 Å². The summed E-state index contributed by atoms with van der Waals surface area (Å²) >= 11 is 0. The first-order valence-electron chi connectivity index (χ1n) is 6.10. The van der Waals surface area contributed by atoms with Crippen LogP contribution >= 0.6 is 0 Å². The minimum absolute atomic E-state index is 0.143. The van der Waals surface area contributed by atoms with E-state index in [0.717, 1.165) is 30.6 Å². The van der Waals surface area contributed by atoms with Crippen LogP contribution in [-0.2, 0) is 0 Å². The molecule has 94 valence electrons. The fourth-order valence-electron chi connectivity index (χ4n) is 1.68. The van der Waals surface area contributed by atoms with Gasteiger partial charge in [0.2, 0.25) is 0 Å². The minimum atomic E-state index is 0.143. The number of aliphatic hydroxyl groups is 1. The van der Waals surface area contributed by atoms with Crippen LogP contribution in [0.1, 0.15) is 29.3 Å². The second-order valence-corrected chi connectivity index (χ2v) is 4.24. The smallest absolute Gasteiger partial charge is 0.176 e. The van der Waals surface area contributed by atoms with E-state index in [4.69, 9.17) is 5.11 Å². The fourth-order valence-corrected chi connectivity index (χ4v) is 1.68. The first-order chi connectivity index (χ1) is 8.17. The van der Waals surface area contributed by atoms with Crippen LogP contribution in [-0.4, -0.2) is 42.0 Å². The number of aryl methyl sites for hydroxylation is 1. The molecular formula is C14H21NO2. The summed E-state index contributed by atoms with van der Waals surface area (Å²) in [5.74, 6) is 0.143. The first-order valence-corrected chi connectivity index (χ1v) is 6.10. The van der Waals surface area contributed by atoms with Crippen molar-refractivity contribution in [2.24, 2.45) is 0 Å². The minimum Gasteiger partial charge on any atom is -0.396 e. The number of hydrogen-bond acceptors (Lipinski definition) is 3. The molecule has 0 bridgehead atoms. The summed E-state index contributed by atoms with van der Waals surface area (Å²) in [6.07, 6.45) is 0.717. The van der Waals surface area contributed by atoms with E-state index in [2.05, 4.69) is 4.90 Å². The molecule has 0 atom stereocenters. The maximum Gasteiger partial charge on any atom is 0.176 e. The van der Waals surface area contributed by atoms with Gasteiger partial charge in [-0.1, -0.05) is 36.8 Å². The zero-order valence-electron chi connectivity index (χ0n) is 10.6. The molecule has 0 fully saturated rings. The number of hydrogen-bond donors (Lipinski definition) is 1. The topological polar surface area (TPSA) is 40.5 Å². The van der Waals surface area contributed by atoms with E-state index in [1.54, 1.807) is 0 Å². The third-order valence-corrected chi connectivity index (χ3v) is 2.82. The van der Waals surface area contributed by atoms with Crippen molar-refractivity contribution in [2.45, 2.75) is 20.3 Å². The van der Waals surface area contributed by atoms with E-state index in [-0.39, 0.29) is 12.4 Å². The molecule has 0 amide bonds. The summed E-state index contributed by atoms with van der Waals surface area (Å²) in [5.41, 5.74) is 1.92. The van der Waals surface area contributed by atoms with Crippen LogP contribution < -0.4 is 0 Å². The molecule has 0 aromatic heterocycles. The fraction of sp³-hybridized carbons (Fsp3) is 0.500. The van der Waals surface area contributed by atoms with Crippen LogP contribution in [0.4, 0.5) is 0 Å². The molecule has 1 rings (SSSR count). The summed E-state index contributed by atoms with van der Waals surface area (Å²) in [7, 11) is 0. The van der Waals surface area contributed by atoms with E-state index in [1.807, 2.05) is 38.1 Å². The number of benzene rings is 1. The van der Waals surface area contributed by atoms with Gasteiger partial charge in [-0.3, -0.25) is 9.69 Å². The van der Waals surface area contributed by atoms with E-state index in [9.17, 15) is 4.79 Å². The summed E-state index contributed by atoms with van der Waals surface area (Å²) in [4.78, 5) is 14.0. The highest BCUT2D eigenvalue weighted by Crippen LogP contribution is 2.05. The Bertz CT molecular complexity index is 346. The maximum absolute atomic E-state index is 12.0. The number of carbonyl (C=O) groups is 1. The number of rotatable bonds is 7. The SMILES string of the molecule is CCN(CCCO)CC(=O)c1ccc(C)cc1. The van der Waals surface area contributed by atoms with E-state index < -0.39 is 0 Å². The summed E-state index contributed by atoms with van der Waals surface area (Å²) in [5, 5.41) is 8.78. The second kappa shape index (κ2) is 7.20. The molecule has 1 aromatic rings. The van der Waals surface area contributed by atoms with Gasteiger partial charge >= 0.3 is 0 Å². The number of aliphatic hydroxyl groups excluding tert-OH is 1. The van der Waals surface area contributed by atoms with Gasteiger partial charge in [0.15, 0.2) is 5.78 Å². The van der Waals surface area contributed by atoms with Gasteiger partial charge in [-0.15, -0.1) is 0 Å². The lowest BCUT2D eigenvalue weighted by Gasteiger charge is -2.18. The lowest BCUT2D eigenvalue weighted by molar-refractivity contribution is 0.0928. The number of Topliss-reactive ketones (excluding diaryl/α,β-unsaturated/α-hetero) is 1. The van der Waals surface area contributed by atoms with Crippen molar-refractivity contribution in [3.8, 4) is 0 Å². The Morgan fingerprint density at radius 3 is 2.47 bits per heavy atom. The summed E-state index contributed by atoms with van der Waals surface area (Å²) < 4.78 is 0. The Hall–Kier alpha value is -1.19. The number of likely N-dealkylation sites (N-methyl/N-ethyl adjacent to an activating group) is 1. The quantitative estimate of drug-likeness (QED) is 0.734. The zero-order valence-corrected chi connectivity index (χ0v) is 10.6. The van der Waals surface area contributed by atoms with Crippen molar-refractivity contribution in [2.75, 3.05) is 26.2 Å². The highest BCUT2D eigenvalue weighted by atomic mass is 16.3. The largest absolute Gasteiger partial charge is 0.396 e. The monoisotopic (exact) mass is 235 g/mol. The van der Waals surface area contributed by atoms with Crippen molar-refractivity contribution >= 4 is 5.78 Å². The molecule has 0 saturated heterocycles. The summed E-state index contributed by atoms with van der Waals surface area (Å²) in [6, 6.07) is 7.66. The van der Waals surface area contributed by atoms with Gasteiger partial charge in [-0.25, -0.2) is 0 Å². The molecule has 0 aliphatic heterocycles. The van der Waals surface area contributed by atoms with Crippen molar-refractivity contribution < 1.29 is 9.90 Å². The van der Waals surface area contributed by atoms with Gasteiger partial charge in [0.05, 0.1) is 6.54 Å². The highest BCUT2D eigenvalue weighted by Gasteiger charge is 2.10. The van der Waals surface area contributed by atoms with E-state index in [1.165, 1.54) is 0 Å². The molecule has 0 aliphatic rings. The van der Waals surface area contributed by atoms with E-state index >= 15 is 0 Å². The average molecular weight is 235 g/mol. The normalized spacial score (nSPS) is 10.8. The van der Waals surface area contributed by atoms with Gasteiger partial charge in [0.25, 0.3) is 0 Å². The van der Waals surface area contributed by atoms with Gasteiger partial charge in [0.1, 0.15) is 0 Å². The number of carbonyl (C=O) groups excluding carboxylic acids is 1. The van der Waals surface area contributed by atoms with Crippen LogP contribution in [0.2, 0.25) is 0 Å². The number of ketones is 1. The Kier molecular flexibility index (Phi) is 5.87. The molecular weight excluding hydrogens is 214 g/mol. The second-order valence-electron chi connectivity index (χ2n) is 4.24. The standard InChI is InChI=1S/C14H21NO2/c1-3-15(9-4-10-16)11-14(17)13-7-5-12(2)6-8-13/h5-8,16H,3-4,9-11H2,1-2H3. The van der Waals surface area contributed by atoms with E-state index in [0.29, 0.717) is 6.54 Å². The molecule has 0 unspecified atom stereocenters. The molecule has 17 heavy (non-hydrogen) atoms. The molecule has 0 heterocycles.